The van der Waals surface area contributed by atoms with Crippen LogP contribution in [0.5, 0.6) is 0 Å². The largest absolute Gasteiger partial charge is 0.326 e. The van der Waals surface area contributed by atoms with Gasteiger partial charge in [-0.2, -0.15) is 0 Å². The van der Waals surface area contributed by atoms with Crippen molar-refractivity contribution in [2.24, 2.45) is 0 Å². The lowest BCUT2D eigenvalue weighted by Gasteiger charge is -2.09. The van der Waals surface area contributed by atoms with Crippen LogP contribution in [0.15, 0.2) is 113 Å². The lowest BCUT2D eigenvalue weighted by Crippen LogP contribution is -2.14. The lowest BCUT2D eigenvalue weighted by atomic mass is 10.2. The van der Waals surface area contributed by atoms with Gasteiger partial charge in [0.15, 0.2) is 0 Å². The fourth-order valence-electron chi connectivity index (χ4n) is 3.82. The van der Waals surface area contributed by atoms with Gasteiger partial charge in [0.25, 0.3) is 11.4 Å². The van der Waals surface area contributed by atoms with Crippen molar-refractivity contribution < 1.29 is 19.4 Å². The summed E-state index contributed by atoms with van der Waals surface area (Å²) >= 11 is 8.94. The van der Waals surface area contributed by atoms with Crippen LogP contribution in [0.4, 0.5) is 22.7 Å². The number of benzene rings is 4. The lowest BCUT2D eigenvalue weighted by molar-refractivity contribution is -0.388. The molecule has 14 heteroatoms. The second-order valence-electron chi connectivity index (χ2n) is 8.95. The van der Waals surface area contributed by atoms with E-state index in [9.17, 15) is 29.8 Å². The van der Waals surface area contributed by atoms with Gasteiger partial charge in [0.1, 0.15) is 0 Å². The molecule has 43 heavy (non-hydrogen) atoms. The molecule has 2 N–H and O–H groups in total. The summed E-state index contributed by atoms with van der Waals surface area (Å²) in [6, 6.07) is 23.6. The van der Waals surface area contributed by atoms with Crippen LogP contribution in [-0.4, -0.2) is 21.7 Å². The number of nitrogens with zero attached hydrogens (tertiary/aromatic N) is 2. The highest BCUT2D eigenvalue weighted by atomic mass is 79.9. The van der Waals surface area contributed by atoms with Crippen LogP contribution in [0.2, 0.25) is 0 Å². The van der Waals surface area contributed by atoms with Gasteiger partial charge in [-0.25, -0.2) is 0 Å². The highest BCUT2D eigenvalue weighted by Crippen LogP contribution is 2.38. The third-order valence-electron chi connectivity index (χ3n) is 5.73. The highest BCUT2D eigenvalue weighted by Gasteiger charge is 2.17. The predicted octanol–water partition coefficient (Wildman–Crippen LogP) is 9.08. The van der Waals surface area contributed by atoms with Gasteiger partial charge in [0.05, 0.1) is 19.6 Å². The third kappa shape index (κ3) is 9.64. The van der Waals surface area contributed by atoms with Crippen LogP contribution in [0.1, 0.15) is 19.3 Å². The zero-order valence-corrected chi connectivity index (χ0v) is 26.9. The molecule has 0 atom stereocenters. The Hall–Kier alpha value is -3.72. The van der Waals surface area contributed by atoms with E-state index >= 15 is 0 Å². The van der Waals surface area contributed by atoms with Crippen molar-refractivity contribution in [3.05, 3.63) is 114 Å². The van der Waals surface area contributed by atoms with Crippen molar-refractivity contribution in [3.8, 4) is 0 Å². The summed E-state index contributed by atoms with van der Waals surface area (Å²) in [5, 5.41) is 28.4. The molecule has 0 heterocycles. The first kappa shape index (κ1) is 32.2. The molecule has 220 valence electrons. The molecule has 0 saturated carbocycles. The molecule has 0 aliphatic heterocycles. The Morgan fingerprint density at radius 3 is 1.47 bits per heavy atom. The number of nitrogens with one attached hydrogen (secondary N) is 2. The SMILES string of the molecule is O=C(CCCC(=O)Nc1cccc(Sc2ccc(Br)cc2[N+](=O)[O-])c1)Nc1cccc(Sc2ccc(Br)cc2[N+](=O)[O-])c1. The normalized spacial score (nSPS) is 10.7. The number of nitro benzene ring substituents is 2. The monoisotopic (exact) mass is 744 g/mol. The first-order chi connectivity index (χ1) is 20.6. The minimum absolute atomic E-state index is 0.0221. The van der Waals surface area contributed by atoms with E-state index in [1.165, 1.54) is 35.7 Å². The maximum absolute atomic E-state index is 12.5. The second kappa shape index (κ2) is 15.1. The summed E-state index contributed by atoms with van der Waals surface area (Å²) in [6.45, 7) is 0. The molecule has 0 spiro atoms. The Bertz CT molecular complexity index is 1580. The molecule has 10 nitrogen and oxygen atoms in total. The van der Waals surface area contributed by atoms with Gasteiger partial charge in [-0.3, -0.25) is 29.8 Å². The van der Waals surface area contributed by atoms with Gasteiger partial charge in [0.2, 0.25) is 11.8 Å². The molecular weight excluding hydrogens is 724 g/mol. The number of nitro groups is 2. The van der Waals surface area contributed by atoms with E-state index in [1.54, 1.807) is 72.8 Å². The summed E-state index contributed by atoms with van der Waals surface area (Å²) in [5.74, 6) is -0.530. The molecule has 4 rings (SSSR count). The Morgan fingerprint density at radius 2 is 1.07 bits per heavy atom. The summed E-state index contributed by atoms with van der Waals surface area (Å²) in [7, 11) is 0. The highest BCUT2D eigenvalue weighted by molar-refractivity contribution is 9.10. The first-order valence-corrected chi connectivity index (χ1v) is 15.8. The topological polar surface area (TPSA) is 144 Å². The predicted molar refractivity (Wildman–Crippen MR) is 174 cm³/mol. The van der Waals surface area contributed by atoms with Gasteiger partial charge in [-0.15, -0.1) is 0 Å². The first-order valence-electron chi connectivity index (χ1n) is 12.6. The number of hydrogen-bond acceptors (Lipinski definition) is 8. The van der Waals surface area contributed by atoms with Crippen molar-refractivity contribution in [1.29, 1.82) is 0 Å². The Morgan fingerprint density at radius 1 is 0.651 bits per heavy atom. The van der Waals surface area contributed by atoms with Gasteiger partial charge in [-0.05, 0) is 67.1 Å². The van der Waals surface area contributed by atoms with Crippen molar-refractivity contribution in [2.75, 3.05) is 10.6 Å². The summed E-state index contributed by atoms with van der Waals surface area (Å²) in [5.41, 5.74) is 1.04. The molecular formula is C29H22Br2N4O6S2. The Labute approximate surface area is 271 Å². The number of hydrogen-bond donors (Lipinski definition) is 2. The molecule has 0 aromatic heterocycles. The van der Waals surface area contributed by atoms with Crippen molar-refractivity contribution >= 4 is 89.9 Å². The van der Waals surface area contributed by atoms with Crippen molar-refractivity contribution in [2.45, 2.75) is 38.8 Å². The van der Waals surface area contributed by atoms with Gasteiger partial charge in [0, 0.05) is 55.1 Å². The van der Waals surface area contributed by atoms with Crippen LogP contribution < -0.4 is 10.6 Å². The molecule has 0 radical (unpaired) electrons. The average Bonchev–Trinajstić information content (AvgIpc) is 2.95. The van der Waals surface area contributed by atoms with Crippen LogP contribution in [0, 0.1) is 20.2 Å². The number of rotatable bonds is 12. The third-order valence-corrected chi connectivity index (χ3v) is 8.83. The van der Waals surface area contributed by atoms with E-state index in [2.05, 4.69) is 42.5 Å². The summed E-state index contributed by atoms with van der Waals surface area (Å²) in [6.07, 6.45) is 0.551. The summed E-state index contributed by atoms with van der Waals surface area (Å²) < 4.78 is 1.21. The molecule has 0 aliphatic carbocycles. The standard InChI is InChI=1S/C29H22Br2N4O6S2/c30-18-10-12-26(24(14-18)34(38)39)42-22-6-1-4-20(16-22)32-28(36)8-3-9-29(37)33-21-5-2-7-23(17-21)43-27-13-11-19(31)15-25(27)35(40)41/h1-2,4-7,10-17H,3,8-9H2,(H,32,36)(H,33,37). The maximum atomic E-state index is 12.5. The fraction of sp³-hybridized carbons (Fsp3) is 0.103. The van der Waals surface area contributed by atoms with Crippen molar-refractivity contribution in [1.82, 2.24) is 0 Å². The smallest absolute Gasteiger partial charge is 0.284 e. The molecule has 2 amide bonds. The van der Waals surface area contributed by atoms with E-state index in [0.29, 0.717) is 36.5 Å². The van der Waals surface area contributed by atoms with E-state index in [-0.39, 0.29) is 36.0 Å². The van der Waals surface area contributed by atoms with E-state index in [0.717, 1.165) is 9.79 Å². The van der Waals surface area contributed by atoms with Gasteiger partial charge >= 0.3 is 0 Å². The van der Waals surface area contributed by atoms with Gasteiger partial charge in [-0.1, -0.05) is 67.5 Å². The molecule has 0 fully saturated rings. The number of carbonyl (C=O) groups excluding carboxylic acids is 2. The van der Waals surface area contributed by atoms with Crippen LogP contribution in [0.25, 0.3) is 0 Å². The van der Waals surface area contributed by atoms with Crippen LogP contribution >= 0.6 is 55.4 Å². The molecule has 4 aromatic rings. The Balaban J connectivity index is 1.27. The Kier molecular flexibility index (Phi) is 11.3. The minimum atomic E-state index is -0.442. The molecule has 0 aliphatic rings. The molecule has 4 aromatic carbocycles. The van der Waals surface area contributed by atoms with Crippen LogP contribution in [-0.2, 0) is 9.59 Å². The molecule has 0 bridgehead atoms. The van der Waals surface area contributed by atoms with E-state index < -0.39 is 9.85 Å². The van der Waals surface area contributed by atoms with Crippen LogP contribution in [0.3, 0.4) is 0 Å². The zero-order valence-electron chi connectivity index (χ0n) is 22.1. The number of amides is 2. The molecule has 0 saturated heterocycles. The zero-order chi connectivity index (χ0) is 30.9. The van der Waals surface area contributed by atoms with Gasteiger partial charge < -0.3 is 10.6 Å². The average molecular weight is 746 g/mol. The fourth-order valence-corrected chi connectivity index (χ4v) is 6.44. The maximum Gasteiger partial charge on any atom is 0.284 e. The number of anilines is 2. The van der Waals surface area contributed by atoms with E-state index in [4.69, 9.17) is 0 Å². The van der Waals surface area contributed by atoms with E-state index in [1.807, 2.05) is 0 Å². The quantitative estimate of drug-likeness (QED) is 0.108. The minimum Gasteiger partial charge on any atom is -0.326 e. The van der Waals surface area contributed by atoms with Crippen molar-refractivity contribution in [3.63, 3.8) is 0 Å². The number of halogens is 2. The summed E-state index contributed by atoms with van der Waals surface area (Å²) in [4.78, 5) is 49.4. The number of carbonyl (C=O) groups is 2. The molecule has 0 unspecified atom stereocenters. The second-order valence-corrected chi connectivity index (χ2v) is 13.0.